The van der Waals surface area contributed by atoms with Gasteiger partial charge in [0.15, 0.2) is 5.69 Å². The monoisotopic (exact) mass is 283 g/mol. The van der Waals surface area contributed by atoms with Gasteiger partial charge in [-0.1, -0.05) is 19.1 Å². The summed E-state index contributed by atoms with van der Waals surface area (Å²) >= 11 is 0. The molecule has 7 heteroatoms. The highest BCUT2D eigenvalue weighted by atomic mass is 19.4. The first-order chi connectivity index (χ1) is 9.38. The van der Waals surface area contributed by atoms with E-state index in [1.54, 1.807) is 12.1 Å². The molecule has 1 aromatic carbocycles. The fourth-order valence-corrected chi connectivity index (χ4v) is 1.55. The Labute approximate surface area is 113 Å². The molecule has 0 saturated heterocycles. The number of aryl methyl sites for hydroxylation is 1. The Balaban J connectivity index is 2.26. The number of aromatic nitrogens is 2. The number of nitrogens with two attached hydrogens (primary N) is 1. The maximum absolute atomic E-state index is 12.6. The average molecular weight is 283 g/mol. The van der Waals surface area contributed by atoms with Crippen LogP contribution >= 0.6 is 0 Å². The average Bonchev–Trinajstić information content (AvgIpc) is 2.38. The number of anilines is 1. The minimum atomic E-state index is -4.60. The zero-order valence-electron chi connectivity index (χ0n) is 10.6. The molecule has 4 nitrogen and oxygen atoms in total. The van der Waals surface area contributed by atoms with Crippen molar-refractivity contribution in [3.63, 3.8) is 0 Å². The molecule has 0 unspecified atom stereocenters. The fraction of sp³-hybridized carbons (Fsp3) is 0.231. The molecule has 1 aromatic heterocycles. The molecular weight excluding hydrogens is 271 g/mol. The molecule has 20 heavy (non-hydrogen) atoms. The summed E-state index contributed by atoms with van der Waals surface area (Å²) in [4.78, 5) is 6.77. The summed E-state index contributed by atoms with van der Waals surface area (Å²) in [6.07, 6.45) is -3.74. The topological polar surface area (TPSA) is 61.0 Å². The van der Waals surface area contributed by atoms with Crippen LogP contribution in [0.25, 0.3) is 0 Å². The molecule has 0 atom stereocenters. The Morgan fingerprint density at radius 2 is 1.80 bits per heavy atom. The van der Waals surface area contributed by atoms with Crippen LogP contribution in [0, 0.1) is 0 Å². The Kier molecular flexibility index (Phi) is 3.78. The van der Waals surface area contributed by atoms with Gasteiger partial charge in [-0.3, -0.25) is 0 Å². The SMILES string of the molecule is CCc1ccc(Oc2cc(C(F)(F)F)nc(N)n2)cc1. The van der Waals surface area contributed by atoms with Crippen molar-refractivity contribution < 1.29 is 17.9 Å². The highest BCUT2D eigenvalue weighted by Gasteiger charge is 2.33. The summed E-state index contributed by atoms with van der Waals surface area (Å²) in [5, 5.41) is 0. The van der Waals surface area contributed by atoms with Crippen LogP contribution in [0.4, 0.5) is 19.1 Å². The van der Waals surface area contributed by atoms with Crippen molar-refractivity contribution in [3.05, 3.63) is 41.6 Å². The summed E-state index contributed by atoms with van der Waals surface area (Å²) in [6.45, 7) is 2.00. The van der Waals surface area contributed by atoms with Gasteiger partial charge in [0.1, 0.15) is 5.75 Å². The highest BCUT2D eigenvalue weighted by molar-refractivity contribution is 5.33. The standard InChI is InChI=1S/C13H12F3N3O/c1-2-8-3-5-9(6-4-8)20-11-7-10(13(14,15)16)18-12(17)19-11/h3-7H,2H2,1H3,(H2,17,18,19). The van der Waals surface area contributed by atoms with E-state index in [9.17, 15) is 13.2 Å². The zero-order chi connectivity index (χ0) is 14.8. The van der Waals surface area contributed by atoms with E-state index in [2.05, 4.69) is 9.97 Å². The van der Waals surface area contributed by atoms with E-state index in [1.807, 2.05) is 19.1 Å². The predicted octanol–water partition coefficient (Wildman–Crippen LogP) is 3.43. The smallest absolute Gasteiger partial charge is 0.433 e. The van der Waals surface area contributed by atoms with Crippen molar-refractivity contribution in [2.75, 3.05) is 5.73 Å². The van der Waals surface area contributed by atoms with Crippen LogP contribution in [-0.2, 0) is 12.6 Å². The number of rotatable bonds is 3. The third-order valence-corrected chi connectivity index (χ3v) is 2.56. The van der Waals surface area contributed by atoms with Gasteiger partial charge in [0.2, 0.25) is 11.8 Å². The maximum Gasteiger partial charge on any atom is 0.433 e. The second-order valence-corrected chi connectivity index (χ2v) is 4.05. The first-order valence-electron chi connectivity index (χ1n) is 5.87. The van der Waals surface area contributed by atoms with Gasteiger partial charge in [0.05, 0.1) is 0 Å². The van der Waals surface area contributed by atoms with Crippen LogP contribution in [-0.4, -0.2) is 9.97 Å². The second-order valence-electron chi connectivity index (χ2n) is 4.05. The largest absolute Gasteiger partial charge is 0.439 e. The number of nitrogen functional groups attached to an aromatic ring is 1. The lowest BCUT2D eigenvalue weighted by atomic mass is 10.2. The van der Waals surface area contributed by atoms with Crippen LogP contribution in [0.5, 0.6) is 11.6 Å². The molecule has 0 aliphatic rings. The molecule has 2 aromatic rings. The van der Waals surface area contributed by atoms with Gasteiger partial charge in [-0.25, -0.2) is 4.98 Å². The van der Waals surface area contributed by atoms with E-state index in [0.29, 0.717) is 11.8 Å². The number of halogens is 3. The number of nitrogens with zero attached hydrogens (tertiary/aromatic N) is 2. The van der Waals surface area contributed by atoms with Crippen molar-refractivity contribution in [2.45, 2.75) is 19.5 Å². The Morgan fingerprint density at radius 3 is 2.35 bits per heavy atom. The van der Waals surface area contributed by atoms with E-state index < -0.39 is 17.8 Å². The van der Waals surface area contributed by atoms with Crippen LogP contribution < -0.4 is 10.5 Å². The lowest BCUT2D eigenvalue weighted by Crippen LogP contribution is -2.11. The van der Waals surface area contributed by atoms with Gasteiger partial charge < -0.3 is 10.5 Å². The molecule has 0 fully saturated rings. The summed E-state index contributed by atoms with van der Waals surface area (Å²) < 4.78 is 43.0. The Hall–Kier alpha value is -2.31. The molecule has 0 aliphatic carbocycles. The van der Waals surface area contributed by atoms with E-state index in [-0.39, 0.29) is 5.88 Å². The summed E-state index contributed by atoms with van der Waals surface area (Å²) in [5.74, 6) is -0.345. The lowest BCUT2D eigenvalue weighted by molar-refractivity contribution is -0.141. The fourth-order valence-electron chi connectivity index (χ4n) is 1.55. The number of hydrogen-bond acceptors (Lipinski definition) is 4. The van der Waals surface area contributed by atoms with Gasteiger partial charge >= 0.3 is 6.18 Å². The van der Waals surface area contributed by atoms with E-state index in [0.717, 1.165) is 12.0 Å². The van der Waals surface area contributed by atoms with Gasteiger partial charge in [-0.2, -0.15) is 18.2 Å². The molecule has 0 aliphatic heterocycles. The number of ether oxygens (including phenoxy) is 1. The number of benzene rings is 1. The minimum Gasteiger partial charge on any atom is -0.439 e. The minimum absolute atomic E-state index is 0.242. The Bertz CT molecular complexity index is 597. The normalized spacial score (nSPS) is 11.4. The molecule has 0 amide bonds. The van der Waals surface area contributed by atoms with Crippen molar-refractivity contribution in [2.24, 2.45) is 0 Å². The highest BCUT2D eigenvalue weighted by Crippen LogP contribution is 2.31. The number of hydrogen-bond donors (Lipinski definition) is 1. The molecule has 0 bridgehead atoms. The van der Waals surface area contributed by atoms with Crippen molar-refractivity contribution >= 4 is 5.95 Å². The number of alkyl halides is 3. The summed E-state index contributed by atoms with van der Waals surface area (Å²) in [7, 11) is 0. The summed E-state index contributed by atoms with van der Waals surface area (Å²) in [6, 6.07) is 7.67. The zero-order valence-corrected chi connectivity index (χ0v) is 10.6. The van der Waals surface area contributed by atoms with Crippen molar-refractivity contribution in [1.82, 2.24) is 9.97 Å². The van der Waals surface area contributed by atoms with Crippen LogP contribution in [0.3, 0.4) is 0 Å². The Morgan fingerprint density at radius 1 is 1.15 bits per heavy atom. The van der Waals surface area contributed by atoms with Crippen LogP contribution in [0.2, 0.25) is 0 Å². The van der Waals surface area contributed by atoms with E-state index >= 15 is 0 Å². The quantitative estimate of drug-likeness (QED) is 0.937. The molecule has 0 spiro atoms. The van der Waals surface area contributed by atoms with Gasteiger partial charge in [0, 0.05) is 6.07 Å². The molecule has 0 saturated carbocycles. The van der Waals surface area contributed by atoms with Gasteiger partial charge in [-0.05, 0) is 24.1 Å². The predicted molar refractivity (Wildman–Crippen MR) is 67.3 cm³/mol. The van der Waals surface area contributed by atoms with Crippen molar-refractivity contribution in [3.8, 4) is 11.6 Å². The molecule has 1 heterocycles. The first-order valence-corrected chi connectivity index (χ1v) is 5.87. The third-order valence-electron chi connectivity index (χ3n) is 2.56. The van der Waals surface area contributed by atoms with Crippen LogP contribution in [0.15, 0.2) is 30.3 Å². The first kappa shape index (κ1) is 14.1. The summed E-state index contributed by atoms with van der Waals surface area (Å²) in [5.41, 5.74) is 5.21. The van der Waals surface area contributed by atoms with Gasteiger partial charge in [0.25, 0.3) is 0 Å². The van der Waals surface area contributed by atoms with E-state index in [1.165, 1.54) is 0 Å². The molecule has 106 valence electrons. The molecule has 2 rings (SSSR count). The van der Waals surface area contributed by atoms with Gasteiger partial charge in [-0.15, -0.1) is 0 Å². The molecule has 0 radical (unpaired) electrons. The maximum atomic E-state index is 12.6. The molecular formula is C13H12F3N3O. The third kappa shape index (κ3) is 3.37. The van der Waals surface area contributed by atoms with Crippen molar-refractivity contribution in [1.29, 1.82) is 0 Å². The van der Waals surface area contributed by atoms with Crippen LogP contribution in [0.1, 0.15) is 18.2 Å². The lowest BCUT2D eigenvalue weighted by Gasteiger charge is -2.09. The second kappa shape index (κ2) is 5.36. The molecule has 2 N–H and O–H groups in total. The van der Waals surface area contributed by atoms with E-state index in [4.69, 9.17) is 10.5 Å².